The fourth-order valence-electron chi connectivity index (χ4n) is 1.38. The maximum absolute atomic E-state index is 8.95. The van der Waals surface area contributed by atoms with Gasteiger partial charge < -0.3 is 9.64 Å². The van der Waals surface area contributed by atoms with Crippen molar-refractivity contribution >= 4 is 17.3 Å². The zero-order valence-corrected chi connectivity index (χ0v) is 10.1. The zero-order valence-electron chi connectivity index (χ0n) is 9.32. The monoisotopic (exact) mass is 238 g/mol. The van der Waals surface area contributed by atoms with Gasteiger partial charge in [-0.1, -0.05) is 12.1 Å². The average molecular weight is 239 g/mol. The Morgan fingerprint density at radius 3 is 2.81 bits per heavy atom. The lowest BCUT2D eigenvalue weighted by Crippen LogP contribution is -2.23. The Labute approximate surface area is 101 Å². The van der Waals surface area contributed by atoms with Crippen LogP contribution < -0.4 is 4.90 Å². The molecule has 0 amide bonds. The van der Waals surface area contributed by atoms with Crippen LogP contribution >= 0.6 is 11.6 Å². The molecule has 0 saturated heterocycles. The molecule has 1 aromatic rings. The first kappa shape index (κ1) is 12.8. The Hall–Kier alpha value is -1.24. The molecule has 0 unspecified atom stereocenters. The van der Waals surface area contributed by atoms with Crippen LogP contribution in [0.15, 0.2) is 24.3 Å². The molecule has 0 saturated carbocycles. The second-order valence-corrected chi connectivity index (χ2v) is 3.73. The first-order chi connectivity index (χ1) is 7.79. The van der Waals surface area contributed by atoms with Crippen LogP contribution in [-0.2, 0) is 4.74 Å². The van der Waals surface area contributed by atoms with E-state index in [1.165, 1.54) is 0 Å². The SMILES string of the molecule is CN(CCOCCCl)c1ccccc1C#N. The summed E-state index contributed by atoms with van der Waals surface area (Å²) in [6.45, 7) is 1.92. The first-order valence-electron chi connectivity index (χ1n) is 5.13. The van der Waals surface area contributed by atoms with Gasteiger partial charge in [-0.05, 0) is 12.1 Å². The number of halogens is 1. The van der Waals surface area contributed by atoms with E-state index in [0.717, 1.165) is 12.2 Å². The molecule has 0 N–H and O–H groups in total. The van der Waals surface area contributed by atoms with Gasteiger partial charge in [0.1, 0.15) is 6.07 Å². The van der Waals surface area contributed by atoms with E-state index < -0.39 is 0 Å². The molecule has 0 aliphatic rings. The number of hydrogen-bond acceptors (Lipinski definition) is 3. The molecule has 0 bridgehead atoms. The highest BCUT2D eigenvalue weighted by molar-refractivity contribution is 6.17. The zero-order chi connectivity index (χ0) is 11.8. The molecule has 86 valence electrons. The molecule has 0 heterocycles. The smallest absolute Gasteiger partial charge is 0.101 e. The normalized spacial score (nSPS) is 9.81. The third-order valence-corrected chi connectivity index (χ3v) is 2.38. The van der Waals surface area contributed by atoms with E-state index >= 15 is 0 Å². The van der Waals surface area contributed by atoms with Crippen molar-refractivity contribution < 1.29 is 4.74 Å². The fourth-order valence-corrected chi connectivity index (χ4v) is 1.49. The highest BCUT2D eigenvalue weighted by atomic mass is 35.5. The van der Waals surface area contributed by atoms with Crippen LogP contribution in [0.5, 0.6) is 0 Å². The minimum absolute atomic E-state index is 0.512. The van der Waals surface area contributed by atoms with Crippen LogP contribution in [0.3, 0.4) is 0 Å². The number of likely N-dealkylation sites (N-methyl/N-ethyl adjacent to an activating group) is 1. The molecule has 0 spiro atoms. The fraction of sp³-hybridized carbons (Fsp3) is 0.417. The predicted octanol–water partition coefficient (Wildman–Crippen LogP) is 2.25. The van der Waals surface area contributed by atoms with E-state index in [-0.39, 0.29) is 0 Å². The highest BCUT2D eigenvalue weighted by Gasteiger charge is 2.05. The van der Waals surface area contributed by atoms with E-state index in [0.29, 0.717) is 24.7 Å². The van der Waals surface area contributed by atoms with Crippen molar-refractivity contribution in [3.8, 4) is 6.07 Å². The third-order valence-electron chi connectivity index (χ3n) is 2.23. The van der Waals surface area contributed by atoms with E-state index in [2.05, 4.69) is 6.07 Å². The van der Waals surface area contributed by atoms with Gasteiger partial charge in [0.15, 0.2) is 0 Å². The van der Waals surface area contributed by atoms with Crippen molar-refractivity contribution in [3.63, 3.8) is 0 Å². The average Bonchev–Trinajstić information content (AvgIpc) is 2.34. The summed E-state index contributed by atoms with van der Waals surface area (Å²) >= 11 is 5.50. The van der Waals surface area contributed by atoms with Crippen LogP contribution in [0.2, 0.25) is 0 Å². The van der Waals surface area contributed by atoms with Crippen molar-refractivity contribution in [1.29, 1.82) is 5.26 Å². The molecular formula is C12H15ClN2O. The highest BCUT2D eigenvalue weighted by Crippen LogP contribution is 2.17. The summed E-state index contributed by atoms with van der Waals surface area (Å²) in [5.41, 5.74) is 1.61. The van der Waals surface area contributed by atoms with Crippen molar-refractivity contribution in [1.82, 2.24) is 0 Å². The quantitative estimate of drug-likeness (QED) is 0.563. The molecule has 0 atom stereocenters. The minimum Gasteiger partial charge on any atom is -0.378 e. The summed E-state index contributed by atoms with van der Waals surface area (Å²) in [5.74, 6) is 0.512. The lowest BCUT2D eigenvalue weighted by atomic mass is 10.2. The van der Waals surface area contributed by atoms with Crippen molar-refractivity contribution in [2.24, 2.45) is 0 Å². The summed E-state index contributed by atoms with van der Waals surface area (Å²) in [5, 5.41) is 8.95. The van der Waals surface area contributed by atoms with Gasteiger partial charge in [-0.25, -0.2) is 0 Å². The Kier molecular flexibility index (Phi) is 5.69. The lowest BCUT2D eigenvalue weighted by molar-refractivity contribution is 0.156. The Bertz CT molecular complexity index is 362. The number of nitriles is 1. The van der Waals surface area contributed by atoms with Crippen LogP contribution in [0.1, 0.15) is 5.56 Å². The van der Waals surface area contributed by atoms with Crippen molar-refractivity contribution in [3.05, 3.63) is 29.8 Å². The van der Waals surface area contributed by atoms with Gasteiger partial charge in [0, 0.05) is 19.5 Å². The van der Waals surface area contributed by atoms with Crippen LogP contribution in [0.4, 0.5) is 5.69 Å². The molecule has 0 fully saturated rings. The van der Waals surface area contributed by atoms with Crippen LogP contribution in [-0.4, -0.2) is 32.7 Å². The predicted molar refractivity (Wildman–Crippen MR) is 66.0 cm³/mol. The Morgan fingerprint density at radius 1 is 1.38 bits per heavy atom. The third kappa shape index (κ3) is 3.73. The molecule has 3 nitrogen and oxygen atoms in total. The summed E-state index contributed by atoms with van der Waals surface area (Å²) in [6.07, 6.45) is 0. The van der Waals surface area contributed by atoms with Gasteiger partial charge in [0.2, 0.25) is 0 Å². The number of para-hydroxylation sites is 1. The number of benzene rings is 1. The molecule has 1 rings (SSSR count). The van der Waals surface area contributed by atoms with Crippen LogP contribution in [0.25, 0.3) is 0 Å². The summed E-state index contributed by atoms with van der Waals surface area (Å²) in [4.78, 5) is 2.01. The summed E-state index contributed by atoms with van der Waals surface area (Å²) in [7, 11) is 1.94. The Morgan fingerprint density at radius 2 is 2.12 bits per heavy atom. The lowest BCUT2D eigenvalue weighted by Gasteiger charge is -2.20. The van der Waals surface area contributed by atoms with Crippen LogP contribution in [0, 0.1) is 11.3 Å². The number of rotatable bonds is 6. The number of nitrogens with zero attached hydrogens (tertiary/aromatic N) is 2. The molecule has 0 aromatic heterocycles. The maximum atomic E-state index is 8.95. The molecular weight excluding hydrogens is 224 g/mol. The topological polar surface area (TPSA) is 36.3 Å². The number of ether oxygens (including phenoxy) is 1. The number of anilines is 1. The molecule has 16 heavy (non-hydrogen) atoms. The molecule has 4 heteroatoms. The molecule has 0 aliphatic heterocycles. The first-order valence-corrected chi connectivity index (χ1v) is 5.67. The number of alkyl halides is 1. The van der Waals surface area contributed by atoms with Crippen molar-refractivity contribution in [2.75, 3.05) is 37.6 Å². The Balaban J connectivity index is 2.52. The van der Waals surface area contributed by atoms with E-state index in [1.807, 2.05) is 36.2 Å². The van der Waals surface area contributed by atoms with Gasteiger partial charge in [-0.15, -0.1) is 11.6 Å². The molecule has 1 aromatic carbocycles. The van der Waals surface area contributed by atoms with Gasteiger partial charge in [-0.3, -0.25) is 0 Å². The largest absolute Gasteiger partial charge is 0.378 e. The van der Waals surface area contributed by atoms with Gasteiger partial charge >= 0.3 is 0 Å². The van der Waals surface area contributed by atoms with Gasteiger partial charge in [0.05, 0.1) is 24.5 Å². The second kappa shape index (κ2) is 7.10. The standard InChI is InChI=1S/C12H15ClN2O/c1-15(7-9-16-8-6-13)12-5-3-2-4-11(12)10-14/h2-5H,6-9H2,1H3. The summed E-state index contributed by atoms with van der Waals surface area (Å²) in [6, 6.07) is 9.70. The van der Waals surface area contributed by atoms with E-state index in [9.17, 15) is 0 Å². The number of hydrogen-bond donors (Lipinski definition) is 0. The maximum Gasteiger partial charge on any atom is 0.101 e. The van der Waals surface area contributed by atoms with Gasteiger partial charge in [0.25, 0.3) is 0 Å². The van der Waals surface area contributed by atoms with Gasteiger partial charge in [-0.2, -0.15) is 5.26 Å². The molecule has 0 aliphatic carbocycles. The second-order valence-electron chi connectivity index (χ2n) is 3.35. The van der Waals surface area contributed by atoms with E-state index in [4.69, 9.17) is 21.6 Å². The summed E-state index contributed by atoms with van der Waals surface area (Å²) < 4.78 is 5.29. The minimum atomic E-state index is 0.512. The van der Waals surface area contributed by atoms with Crippen molar-refractivity contribution in [2.45, 2.75) is 0 Å². The molecule has 0 radical (unpaired) electrons. The van der Waals surface area contributed by atoms with E-state index in [1.54, 1.807) is 0 Å².